The third-order valence-electron chi connectivity index (χ3n) is 6.65. The highest BCUT2D eigenvalue weighted by atomic mass is 16.5. The van der Waals surface area contributed by atoms with E-state index in [-0.39, 0.29) is 48.0 Å². The second-order valence-electron chi connectivity index (χ2n) is 8.85. The molecule has 0 unspecified atom stereocenters. The second-order valence-corrected chi connectivity index (χ2v) is 8.85. The van der Waals surface area contributed by atoms with Crippen LogP contribution >= 0.6 is 0 Å². The molecule has 0 bridgehead atoms. The topological polar surface area (TPSA) is 113 Å². The zero-order valence-corrected chi connectivity index (χ0v) is 21.3. The van der Waals surface area contributed by atoms with Crippen LogP contribution in [-0.2, 0) is 26.1 Å². The van der Waals surface area contributed by atoms with Gasteiger partial charge in [0.1, 0.15) is 5.75 Å². The first-order valence-corrected chi connectivity index (χ1v) is 12.5. The number of rotatable bonds is 10. The largest absolute Gasteiger partial charge is 0.497 e. The van der Waals surface area contributed by atoms with Crippen molar-refractivity contribution < 1.29 is 9.84 Å². The van der Waals surface area contributed by atoms with E-state index in [2.05, 4.69) is 11.9 Å². The number of nitrogens with zero attached hydrogens (tertiary/aromatic N) is 5. The Morgan fingerprint density at radius 2 is 1.58 bits per heavy atom. The summed E-state index contributed by atoms with van der Waals surface area (Å²) in [5.41, 5.74) is -0.238. The Bertz CT molecular complexity index is 1570. The van der Waals surface area contributed by atoms with Gasteiger partial charge < -0.3 is 9.84 Å². The molecule has 192 valence electrons. The van der Waals surface area contributed by atoms with Crippen LogP contribution in [0.1, 0.15) is 57.6 Å². The molecule has 0 amide bonds. The number of aromatic hydroxyl groups is 1. The van der Waals surface area contributed by atoms with Gasteiger partial charge in [-0.3, -0.25) is 23.3 Å². The monoisotopic (exact) mass is 495 g/mol. The molecule has 3 heterocycles. The molecule has 0 aliphatic rings. The Balaban J connectivity index is 2.05. The number of benzene rings is 1. The lowest BCUT2D eigenvalue weighted by molar-refractivity contribution is 0.409. The highest BCUT2D eigenvalue weighted by Gasteiger charge is 2.25. The molecule has 0 fully saturated rings. The van der Waals surface area contributed by atoms with E-state index in [0.29, 0.717) is 12.2 Å². The number of unbranched alkanes of at least 4 members (excludes halogenated alkanes) is 3. The van der Waals surface area contributed by atoms with E-state index in [0.717, 1.165) is 35.8 Å². The van der Waals surface area contributed by atoms with Crippen molar-refractivity contribution in [1.82, 2.24) is 23.1 Å². The lowest BCUT2D eigenvalue weighted by atomic mass is 10.1. The van der Waals surface area contributed by atoms with Crippen LogP contribution in [0.5, 0.6) is 11.6 Å². The van der Waals surface area contributed by atoms with Gasteiger partial charge in [-0.2, -0.15) is 4.98 Å². The van der Waals surface area contributed by atoms with E-state index in [1.54, 1.807) is 25.5 Å². The number of fused-ring (bicyclic) bond motifs is 3. The van der Waals surface area contributed by atoms with Crippen molar-refractivity contribution in [1.29, 1.82) is 0 Å². The van der Waals surface area contributed by atoms with Crippen molar-refractivity contribution in [2.75, 3.05) is 7.11 Å². The maximum Gasteiger partial charge on any atom is 0.332 e. The maximum absolute atomic E-state index is 13.7. The van der Waals surface area contributed by atoms with Crippen molar-refractivity contribution in [3.63, 3.8) is 0 Å². The molecule has 0 saturated heterocycles. The number of hydrogen-bond acceptors (Lipinski definition) is 6. The van der Waals surface area contributed by atoms with E-state index in [1.807, 2.05) is 24.3 Å². The van der Waals surface area contributed by atoms with Gasteiger partial charge >= 0.3 is 5.69 Å². The molecule has 0 saturated carbocycles. The molecule has 10 nitrogen and oxygen atoms in total. The van der Waals surface area contributed by atoms with Crippen molar-refractivity contribution >= 4 is 16.9 Å². The summed E-state index contributed by atoms with van der Waals surface area (Å²) in [5, 5.41) is 11.3. The molecule has 0 radical (unpaired) electrons. The van der Waals surface area contributed by atoms with Gasteiger partial charge in [0.15, 0.2) is 11.2 Å². The van der Waals surface area contributed by atoms with Gasteiger partial charge in [-0.05, 0) is 44.4 Å². The molecule has 36 heavy (non-hydrogen) atoms. The van der Waals surface area contributed by atoms with Crippen LogP contribution in [0.4, 0.5) is 0 Å². The predicted molar refractivity (Wildman–Crippen MR) is 138 cm³/mol. The van der Waals surface area contributed by atoms with Crippen molar-refractivity contribution in [2.24, 2.45) is 0 Å². The summed E-state index contributed by atoms with van der Waals surface area (Å²) in [5.74, 6) is 0.646. The van der Waals surface area contributed by atoms with E-state index in [9.17, 15) is 19.5 Å². The van der Waals surface area contributed by atoms with Crippen LogP contribution in [0, 0.1) is 0 Å². The smallest absolute Gasteiger partial charge is 0.332 e. The van der Waals surface area contributed by atoms with Gasteiger partial charge in [0.05, 0.1) is 19.2 Å². The highest BCUT2D eigenvalue weighted by molar-refractivity contribution is 5.75. The second kappa shape index (κ2) is 10.4. The lowest BCUT2D eigenvalue weighted by Gasteiger charge is -2.15. The lowest BCUT2D eigenvalue weighted by Crippen LogP contribution is -2.40. The minimum Gasteiger partial charge on any atom is -0.497 e. The van der Waals surface area contributed by atoms with E-state index < -0.39 is 16.8 Å². The van der Waals surface area contributed by atoms with E-state index >= 15 is 0 Å². The number of ether oxygens (including phenoxy) is 1. The number of aromatic nitrogens is 5. The fraction of sp³-hybridized carbons (Fsp3) is 0.462. The third-order valence-corrected chi connectivity index (χ3v) is 6.65. The standard InChI is InChI=1S/C26H33N5O5/c1-5-8-9-10-11-19-22(32)30(16-17-12-14-18(36-4)15-13-17)25-27-21-20(31(25)23(19)33)24(34)29(7-3)26(35)28(21)6-2/h12-15,32H,5-11,16H2,1-4H3. The molecular formula is C26H33N5O5. The van der Waals surface area contributed by atoms with Gasteiger partial charge in [0.25, 0.3) is 11.1 Å². The Morgan fingerprint density at radius 3 is 2.19 bits per heavy atom. The Hall–Kier alpha value is -3.82. The normalized spacial score (nSPS) is 11.6. The summed E-state index contributed by atoms with van der Waals surface area (Å²) >= 11 is 0. The summed E-state index contributed by atoms with van der Waals surface area (Å²) < 4.78 is 10.6. The minimum absolute atomic E-state index is 0.0524. The molecule has 3 aromatic heterocycles. The van der Waals surface area contributed by atoms with Crippen LogP contribution in [0.15, 0.2) is 38.6 Å². The molecule has 0 atom stereocenters. The van der Waals surface area contributed by atoms with Crippen LogP contribution < -0.4 is 21.5 Å². The first-order valence-electron chi connectivity index (χ1n) is 12.5. The summed E-state index contributed by atoms with van der Waals surface area (Å²) in [6.45, 7) is 6.27. The summed E-state index contributed by atoms with van der Waals surface area (Å²) in [4.78, 5) is 44.6. The summed E-state index contributed by atoms with van der Waals surface area (Å²) in [6, 6.07) is 7.36. The molecule has 1 aromatic carbocycles. The molecule has 0 aliphatic heterocycles. The number of aryl methyl sites for hydroxylation is 1. The number of hydrogen-bond donors (Lipinski definition) is 1. The minimum atomic E-state index is -0.564. The highest BCUT2D eigenvalue weighted by Crippen LogP contribution is 2.24. The van der Waals surface area contributed by atoms with Gasteiger partial charge in [-0.15, -0.1) is 0 Å². The first-order chi connectivity index (χ1) is 17.4. The average Bonchev–Trinajstić information content (AvgIpc) is 3.28. The molecule has 0 spiro atoms. The Morgan fingerprint density at radius 1 is 0.889 bits per heavy atom. The Kier molecular flexibility index (Phi) is 7.32. The predicted octanol–water partition coefficient (Wildman–Crippen LogP) is 2.90. The zero-order chi connectivity index (χ0) is 26.0. The van der Waals surface area contributed by atoms with Gasteiger partial charge in [-0.25, -0.2) is 9.20 Å². The number of methoxy groups -OCH3 is 1. The zero-order valence-electron chi connectivity index (χ0n) is 21.3. The van der Waals surface area contributed by atoms with E-state index in [1.165, 1.54) is 8.97 Å². The van der Waals surface area contributed by atoms with Crippen molar-refractivity contribution in [3.8, 4) is 11.6 Å². The molecule has 1 N–H and O–H groups in total. The summed E-state index contributed by atoms with van der Waals surface area (Å²) in [6.07, 6.45) is 4.11. The third kappa shape index (κ3) is 4.20. The van der Waals surface area contributed by atoms with Crippen LogP contribution in [0.25, 0.3) is 16.9 Å². The molecule has 0 aliphatic carbocycles. The fourth-order valence-corrected chi connectivity index (χ4v) is 4.66. The Labute approximate surface area is 208 Å². The van der Waals surface area contributed by atoms with Crippen LogP contribution in [0.3, 0.4) is 0 Å². The molecule has 10 heteroatoms. The fourth-order valence-electron chi connectivity index (χ4n) is 4.66. The SMILES string of the molecule is CCCCCCc1c(O)n(Cc2ccc(OC)cc2)c2nc3c(c(=O)n(CC)c(=O)n3CC)n2c1=O. The number of imidazole rings is 1. The van der Waals surface area contributed by atoms with Crippen LogP contribution in [-0.4, -0.2) is 35.3 Å². The van der Waals surface area contributed by atoms with Crippen molar-refractivity contribution in [3.05, 3.63) is 66.6 Å². The maximum atomic E-state index is 13.7. The molecule has 4 rings (SSSR count). The van der Waals surface area contributed by atoms with Gasteiger partial charge in [0.2, 0.25) is 11.7 Å². The van der Waals surface area contributed by atoms with Crippen molar-refractivity contribution in [2.45, 2.75) is 72.5 Å². The van der Waals surface area contributed by atoms with Crippen LogP contribution in [0.2, 0.25) is 0 Å². The van der Waals surface area contributed by atoms with Gasteiger partial charge in [0, 0.05) is 13.1 Å². The quantitative estimate of drug-likeness (QED) is 0.339. The van der Waals surface area contributed by atoms with Gasteiger partial charge in [-0.1, -0.05) is 38.3 Å². The molecule has 4 aromatic rings. The summed E-state index contributed by atoms with van der Waals surface area (Å²) in [7, 11) is 1.59. The first kappa shape index (κ1) is 25.3. The van der Waals surface area contributed by atoms with E-state index in [4.69, 9.17) is 4.74 Å². The molecular weight excluding hydrogens is 462 g/mol. The average molecular weight is 496 g/mol.